The van der Waals surface area contributed by atoms with Crippen molar-refractivity contribution < 1.29 is 18.6 Å². The summed E-state index contributed by atoms with van der Waals surface area (Å²) in [6.07, 6.45) is -2.57. The molecule has 2 saturated heterocycles. The van der Waals surface area contributed by atoms with Gasteiger partial charge in [0.1, 0.15) is 12.2 Å². The van der Waals surface area contributed by atoms with E-state index in [4.69, 9.17) is 25.8 Å². The van der Waals surface area contributed by atoms with Crippen molar-refractivity contribution in [2.45, 2.75) is 24.5 Å². The Morgan fingerprint density at radius 3 is 2.44 bits per heavy atom. The first-order valence-corrected chi connectivity index (χ1v) is 10.8. The quantitative estimate of drug-likeness (QED) is 0.481. The number of aromatic nitrogens is 3. The van der Waals surface area contributed by atoms with Gasteiger partial charge in [-0.05, 0) is 17.2 Å². The number of aromatic amines is 1. The van der Waals surface area contributed by atoms with Crippen molar-refractivity contribution in [1.29, 1.82) is 0 Å². The highest BCUT2D eigenvalue weighted by atomic mass is 35.5. The summed E-state index contributed by atoms with van der Waals surface area (Å²) in [5, 5.41) is 0.504. The lowest BCUT2D eigenvalue weighted by atomic mass is 10.0. The van der Waals surface area contributed by atoms with Gasteiger partial charge < -0.3 is 19.2 Å². The number of nitrogens with one attached hydrogen (secondary N) is 1. The molecule has 0 amide bonds. The van der Waals surface area contributed by atoms with Crippen molar-refractivity contribution in [2.24, 2.45) is 0 Å². The molecule has 2 fully saturated rings. The van der Waals surface area contributed by atoms with E-state index in [1.54, 1.807) is 6.07 Å². The van der Waals surface area contributed by atoms with Gasteiger partial charge in [-0.15, -0.1) is 0 Å². The maximum absolute atomic E-state index is 13.8. The summed E-state index contributed by atoms with van der Waals surface area (Å²) in [5.41, 5.74) is 4.93. The van der Waals surface area contributed by atoms with E-state index < -0.39 is 24.5 Å². The number of H-pyrrole nitrogens is 1. The number of halogens is 2. The van der Waals surface area contributed by atoms with Crippen LogP contribution in [0.3, 0.4) is 0 Å². The van der Waals surface area contributed by atoms with Crippen molar-refractivity contribution >= 4 is 22.8 Å². The zero-order valence-corrected chi connectivity index (χ0v) is 17.6. The normalized spacial score (nSPS) is 24.7. The van der Waals surface area contributed by atoms with Gasteiger partial charge in [-0.25, -0.2) is 9.37 Å². The smallest absolute Gasteiger partial charge is 0.296 e. The van der Waals surface area contributed by atoms with Crippen LogP contribution in [0, 0.1) is 0 Å². The Morgan fingerprint density at radius 2 is 1.62 bits per heavy atom. The van der Waals surface area contributed by atoms with Crippen LogP contribution in [0.15, 0.2) is 60.7 Å². The molecule has 4 heterocycles. The zero-order valence-electron chi connectivity index (χ0n) is 16.9. The van der Waals surface area contributed by atoms with Crippen LogP contribution in [-0.4, -0.2) is 52.6 Å². The highest BCUT2D eigenvalue weighted by Gasteiger charge is 2.49. The number of hydrogen-bond donors (Lipinski definition) is 1. The molecule has 2 unspecified atom stereocenters. The van der Waals surface area contributed by atoms with Gasteiger partial charge in [0, 0.05) is 5.56 Å². The minimum Gasteiger partial charge on any atom is -0.456 e. The van der Waals surface area contributed by atoms with Crippen LogP contribution in [0.2, 0.25) is 5.02 Å². The molecule has 2 aliphatic rings. The molecule has 6 nitrogen and oxygen atoms in total. The average Bonchev–Trinajstić information content (AvgIpc) is 3.51. The Labute approximate surface area is 188 Å². The lowest BCUT2D eigenvalue weighted by Gasteiger charge is -2.15. The topological polar surface area (TPSA) is 69.3 Å². The second-order valence-electron chi connectivity index (χ2n) is 7.94. The Hall–Kier alpha value is -3.00. The van der Waals surface area contributed by atoms with E-state index in [1.165, 1.54) is 0 Å². The largest absolute Gasteiger partial charge is 0.456 e. The van der Waals surface area contributed by atoms with Crippen molar-refractivity contribution in [3.63, 3.8) is 0 Å². The molecule has 2 aromatic heterocycles. The number of pyridine rings is 1. The predicted octanol–water partition coefficient (Wildman–Crippen LogP) is 4.83. The second-order valence-corrected chi connectivity index (χ2v) is 8.35. The molecular weight excluding hydrogens is 433 g/mol. The van der Waals surface area contributed by atoms with Gasteiger partial charge in [-0.3, -0.25) is 0 Å². The second kappa shape index (κ2) is 7.85. The molecule has 162 valence electrons. The maximum Gasteiger partial charge on any atom is 0.296 e. The Kier molecular flexibility index (Phi) is 4.82. The standard InChI is InChI=1S/C24H19ClFN3O3/c25-16-10-18-23(29-24(27-18)32-19-12-31-21-17(26)11-30-22(19)21)28-20(16)15-8-6-14(7-9-15)13-4-2-1-3-5-13/h1-10,17,19,21-22H,11-12H2,(H,27,28,29)/t17-,19+,21?,22?/m0/s1. The molecule has 0 aliphatic carbocycles. The number of fused-ring (bicyclic) bond motifs is 2. The van der Waals surface area contributed by atoms with E-state index in [0.29, 0.717) is 21.9 Å². The summed E-state index contributed by atoms with van der Waals surface area (Å²) in [4.78, 5) is 12.2. The number of ether oxygens (including phenoxy) is 3. The van der Waals surface area contributed by atoms with Crippen molar-refractivity contribution in [3.05, 3.63) is 65.7 Å². The molecule has 1 N–H and O–H groups in total. The van der Waals surface area contributed by atoms with Gasteiger partial charge in [0.25, 0.3) is 6.01 Å². The van der Waals surface area contributed by atoms with Crippen LogP contribution < -0.4 is 4.74 Å². The number of imidazole rings is 1. The molecule has 0 bridgehead atoms. The van der Waals surface area contributed by atoms with Gasteiger partial charge in [0.15, 0.2) is 17.9 Å². The SMILES string of the molecule is F[C@H]1COC2C1OC[C@H]2Oc1nc2nc(-c3ccc(-c4ccccc4)cc3)c(Cl)cc2[nH]1. The Bertz CT molecular complexity index is 1260. The summed E-state index contributed by atoms with van der Waals surface area (Å²) in [6.45, 7) is 0.277. The number of rotatable bonds is 4. The lowest BCUT2D eigenvalue weighted by molar-refractivity contribution is 0.0244. The van der Waals surface area contributed by atoms with E-state index in [1.807, 2.05) is 42.5 Å². The van der Waals surface area contributed by atoms with Crippen molar-refractivity contribution in [3.8, 4) is 28.4 Å². The molecule has 32 heavy (non-hydrogen) atoms. The Balaban J connectivity index is 1.26. The third-order valence-corrected chi connectivity index (χ3v) is 6.17. The van der Waals surface area contributed by atoms with Gasteiger partial charge in [-0.2, -0.15) is 4.98 Å². The van der Waals surface area contributed by atoms with Gasteiger partial charge in [0.2, 0.25) is 0 Å². The summed E-state index contributed by atoms with van der Waals surface area (Å²) < 4.78 is 30.6. The minimum absolute atomic E-state index is 0.0267. The van der Waals surface area contributed by atoms with Crippen LogP contribution in [-0.2, 0) is 9.47 Å². The van der Waals surface area contributed by atoms with Crippen LogP contribution in [0.5, 0.6) is 6.01 Å². The summed E-state index contributed by atoms with van der Waals surface area (Å²) in [6, 6.07) is 20.3. The summed E-state index contributed by atoms with van der Waals surface area (Å²) in [5.74, 6) is 0. The Morgan fingerprint density at radius 1 is 0.906 bits per heavy atom. The van der Waals surface area contributed by atoms with Gasteiger partial charge in [-0.1, -0.05) is 66.2 Å². The fourth-order valence-corrected chi connectivity index (χ4v) is 4.53. The van der Waals surface area contributed by atoms with E-state index in [-0.39, 0.29) is 19.2 Å². The molecule has 4 aromatic rings. The number of benzene rings is 2. The maximum atomic E-state index is 13.8. The van der Waals surface area contributed by atoms with E-state index >= 15 is 0 Å². The molecule has 2 aliphatic heterocycles. The first-order chi connectivity index (χ1) is 15.7. The highest BCUT2D eigenvalue weighted by Crippen LogP contribution is 2.33. The highest BCUT2D eigenvalue weighted by molar-refractivity contribution is 6.33. The monoisotopic (exact) mass is 451 g/mol. The fraction of sp³-hybridized carbons (Fsp3) is 0.250. The van der Waals surface area contributed by atoms with E-state index in [9.17, 15) is 4.39 Å². The fourth-order valence-electron chi connectivity index (χ4n) is 4.27. The van der Waals surface area contributed by atoms with Crippen LogP contribution in [0.4, 0.5) is 4.39 Å². The number of hydrogen-bond acceptors (Lipinski definition) is 5. The molecule has 8 heteroatoms. The molecule has 6 rings (SSSR count). The third kappa shape index (κ3) is 3.43. The van der Waals surface area contributed by atoms with E-state index in [0.717, 1.165) is 16.7 Å². The van der Waals surface area contributed by atoms with Crippen LogP contribution in [0.1, 0.15) is 0 Å². The number of nitrogens with zero attached hydrogens (tertiary/aromatic N) is 2. The first-order valence-electron chi connectivity index (χ1n) is 10.4. The van der Waals surface area contributed by atoms with Gasteiger partial charge in [0.05, 0.1) is 29.4 Å². The summed E-state index contributed by atoms with van der Waals surface area (Å²) in [7, 11) is 0. The predicted molar refractivity (Wildman–Crippen MR) is 119 cm³/mol. The third-order valence-electron chi connectivity index (χ3n) is 5.88. The van der Waals surface area contributed by atoms with E-state index in [2.05, 4.69) is 27.1 Å². The summed E-state index contributed by atoms with van der Waals surface area (Å²) >= 11 is 6.53. The molecule has 0 spiro atoms. The number of alkyl halides is 1. The van der Waals surface area contributed by atoms with Crippen molar-refractivity contribution in [1.82, 2.24) is 15.0 Å². The molecule has 0 radical (unpaired) electrons. The van der Waals surface area contributed by atoms with Crippen LogP contribution >= 0.6 is 11.6 Å². The lowest BCUT2D eigenvalue weighted by Crippen LogP contribution is -2.34. The molecular formula is C24H19ClFN3O3. The van der Waals surface area contributed by atoms with Gasteiger partial charge >= 0.3 is 0 Å². The minimum atomic E-state index is -1.12. The van der Waals surface area contributed by atoms with Crippen LogP contribution in [0.25, 0.3) is 33.5 Å². The first kappa shape index (κ1) is 19.7. The zero-order chi connectivity index (χ0) is 21.7. The van der Waals surface area contributed by atoms with Crippen molar-refractivity contribution in [2.75, 3.05) is 13.2 Å². The molecule has 0 saturated carbocycles. The average molecular weight is 452 g/mol. The molecule has 2 aromatic carbocycles. The molecule has 4 atom stereocenters.